The number of amides is 2. The second-order valence-corrected chi connectivity index (χ2v) is 12.9. The fraction of sp³-hybridized carbons (Fsp3) is 0.946. The number of carbonyl (C=O) groups excluding carboxylic acids is 2. The number of unbranched alkanes of at least 4 members (excludes halogenated alkanes) is 27. The summed E-state index contributed by atoms with van der Waals surface area (Å²) >= 11 is 0. The molecule has 0 spiro atoms. The summed E-state index contributed by atoms with van der Waals surface area (Å²) in [5.41, 5.74) is 0. The van der Waals surface area contributed by atoms with Gasteiger partial charge in [0.05, 0.1) is 6.04 Å². The maximum atomic E-state index is 12.3. The number of hydrogen-bond acceptors (Lipinski definition) is 3. The van der Waals surface area contributed by atoms with Crippen LogP contribution in [0.15, 0.2) is 0 Å². The topological polar surface area (TPSA) is 58.2 Å². The Kier molecular flexibility index (Phi) is 32.9. The van der Waals surface area contributed by atoms with Crippen molar-refractivity contribution < 1.29 is 9.59 Å². The van der Waals surface area contributed by atoms with Crippen molar-refractivity contribution in [3.05, 3.63) is 0 Å². The second-order valence-electron chi connectivity index (χ2n) is 12.9. The molecule has 0 fully saturated rings. The van der Waals surface area contributed by atoms with Gasteiger partial charge in [-0.15, -0.1) is 0 Å². The van der Waals surface area contributed by atoms with E-state index in [0.29, 0.717) is 6.42 Å². The lowest BCUT2D eigenvalue weighted by molar-refractivity contribution is -0.131. The Balaban J connectivity index is 3.37. The molecular weight excluding hydrogens is 504 g/mol. The van der Waals surface area contributed by atoms with Crippen molar-refractivity contribution in [2.75, 3.05) is 6.54 Å². The molecule has 4 heteroatoms. The highest BCUT2D eigenvalue weighted by molar-refractivity contribution is 5.97. The summed E-state index contributed by atoms with van der Waals surface area (Å²) in [7, 11) is 0. The fourth-order valence-electron chi connectivity index (χ4n) is 5.70. The van der Waals surface area contributed by atoms with E-state index in [2.05, 4.69) is 24.5 Å². The van der Waals surface area contributed by atoms with Crippen molar-refractivity contribution in [3.8, 4) is 0 Å². The van der Waals surface area contributed by atoms with Gasteiger partial charge in [-0.2, -0.15) is 0 Å². The molecule has 41 heavy (non-hydrogen) atoms. The van der Waals surface area contributed by atoms with E-state index in [0.717, 1.165) is 25.8 Å². The summed E-state index contributed by atoms with van der Waals surface area (Å²) in [5, 5.41) is 5.87. The molecule has 0 aliphatic rings. The maximum absolute atomic E-state index is 12.3. The van der Waals surface area contributed by atoms with Crippen LogP contribution < -0.4 is 10.6 Å². The minimum Gasteiger partial charge on any atom is -0.306 e. The van der Waals surface area contributed by atoms with Crippen LogP contribution in [0.25, 0.3) is 0 Å². The zero-order valence-corrected chi connectivity index (χ0v) is 28.3. The van der Waals surface area contributed by atoms with Gasteiger partial charge in [-0.25, -0.2) is 0 Å². The minimum atomic E-state index is -0.303. The van der Waals surface area contributed by atoms with Gasteiger partial charge in [0.2, 0.25) is 11.8 Å². The zero-order chi connectivity index (χ0) is 30.1. The van der Waals surface area contributed by atoms with Crippen LogP contribution in [-0.4, -0.2) is 24.4 Å². The molecule has 0 saturated carbocycles. The molecule has 2 N–H and O–H groups in total. The van der Waals surface area contributed by atoms with Crippen molar-refractivity contribution >= 4 is 11.8 Å². The van der Waals surface area contributed by atoms with Crippen LogP contribution in [0.4, 0.5) is 0 Å². The van der Waals surface area contributed by atoms with Crippen LogP contribution in [0.2, 0.25) is 0 Å². The molecule has 1 unspecified atom stereocenters. The first kappa shape index (κ1) is 40.1. The summed E-state index contributed by atoms with van der Waals surface area (Å²) in [6.45, 7) is 7.25. The van der Waals surface area contributed by atoms with E-state index in [1.165, 1.54) is 167 Å². The van der Waals surface area contributed by atoms with Crippen LogP contribution in [0.3, 0.4) is 0 Å². The van der Waals surface area contributed by atoms with Gasteiger partial charge in [0, 0.05) is 6.42 Å². The Morgan fingerprint density at radius 1 is 0.439 bits per heavy atom. The van der Waals surface area contributed by atoms with E-state index in [4.69, 9.17) is 0 Å². The summed E-state index contributed by atoms with van der Waals surface area (Å²) in [5.74, 6) is -0.297. The molecule has 244 valence electrons. The van der Waals surface area contributed by atoms with Crippen LogP contribution >= 0.6 is 0 Å². The van der Waals surface area contributed by atoms with Gasteiger partial charge in [-0.3, -0.25) is 14.9 Å². The first-order chi connectivity index (χ1) is 20.1. The van der Waals surface area contributed by atoms with E-state index < -0.39 is 0 Å². The summed E-state index contributed by atoms with van der Waals surface area (Å²) < 4.78 is 0. The molecule has 0 aliphatic carbocycles. The quantitative estimate of drug-likeness (QED) is 0.0761. The van der Waals surface area contributed by atoms with Gasteiger partial charge in [0.1, 0.15) is 0 Å². The molecule has 0 heterocycles. The van der Waals surface area contributed by atoms with Crippen molar-refractivity contribution in [2.45, 2.75) is 219 Å². The predicted octanol–water partition coefficient (Wildman–Crippen LogP) is 11.4. The third-order valence-electron chi connectivity index (χ3n) is 8.64. The highest BCUT2D eigenvalue weighted by Gasteiger charge is 2.14. The van der Waals surface area contributed by atoms with Crippen LogP contribution in [0, 0.1) is 0 Å². The normalized spacial score (nSPS) is 12.1. The van der Waals surface area contributed by atoms with Crippen molar-refractivity contribution in [1.29, 1.82) is 0 Å². The van der Waals surface area contributed by atoms with E-state index in [9.17, 15) is 9.59 Å². The van der Waals surface area contributed by atoms with Crippen LogP contribution in [0.1, 0.15) is 213 Å². The lowest BCUT2D eigenvalue weighted by Gasteiger charge is -2.13. The molecule has 1 atom stereocenters. The Bertz CT molecular complexity index is 551. The Hall–Kier alpha value is -0.900. The van der Waals surface area contributed by atoms with Gasteiger partial charge in [-0.05, 0) is 26.3 Å². The van der Waals surface area contributed by atoms with Crippen LogP contribution in [-0.2, 0) is 9.59 Å². The average Bonchev–Trinajstić information content (AvgIpc) is 2.96. The number of nitrogens with one attached hydrogen (secondary N) is 2. The van der Waals surface area contributed by atoms with E-state index in [1.807, 2.05) is 6.92 Å². The Labute approximate surface area is 257 Å². The predicted molar refractivity (Wildman–Crippen MR) is 180 cm³/mol. The van der Waals surface area contributed by atoms with Gasteiger partial charge in [-0.1, -0.05) is 187 Å². The standard InChI is InChI=1S/C37H74N2O2/c1-4-6-8-10-12-14-16-17-18-19-20-21-22-23-24-25-27-29-31-33-36(40)39-37(41)35(3)38-34-32-30-28-26-15-13-11-9-7-5-2/h35,38H,4-34H2,1-3H3,(H,39,40,41). The first-order valence-corrected chi connectivity index (χ1v) is 18.7. The zero-order valence-electron chi connectivity index (χ0n) is 28.3. The van der Waals surface area contributed by atoms with E-state index in [1.54, 1.807) is 0 Å². The number of carbonyl (C=O) groups is 2. The van der Waals surface area contributed by atoms with Crippen molar-refractivity contribution in [3.63, 3.8) is 0 Å². The molecule has 0 aromatic carbocycles. The fourth-order valence-corrected chi connectivity index (χ4v) is 5.70. The van der Waals surface area contributed by atoms with Crippen LogP contribution in [0.5, 0.6) is 0 Å². The van der Waals surface area contributed by atoms with E-state index >= 15 is 0 Å². The van der Waals surface area contributed by atoms with Crippen molar-refractivity contribution in [2.24, 2.45) is 0 Å². The smallest absolute Gasteiger partial charge is 0.243 e. The molecule has 0 aromatic heterocycles. The maximum Gasteiger partial charge on any atom is 0.243 e. The average molecular weight is 579 g/mol. The first-order valence-electron chi connectivity index (χ1n) is 18.7. The molecule has 0 saturated heterocycles. The lowest BCUT2D eigenvalue weighted by atomic mass is 10.0. The minimum absolute atomic E-state index is 0.116. The largest absolute Gasteiger partial charge is 0.306 e. The lowest BCUT2D eigenvalue weighted by Crippen LogP contribution is -2.44. The highest BCUT2D eigenvalue weighted by Crippen LogP contribution is 2.15. The number of rotatable bonds is 33. The number of hydrogen-bond donors (Lipinski definition) is 2. The highest BCUT2D eigenvalue weighted by atomic mass is 16.2. The molecule has 0 radical (unpaired) electrons. The SMILES string of the molecule is CCCCCCCCCCCCCCCCCCCCCC(=O)NC(=O)C(C)NCCCCCCCCCCCC. The molecule has 0 aromatic rings. The van der Waals surface area contributed by atoms with Gasteiger partial charge < -0.3 is 5.32 Å². The molecule has 2 amide bonds. The molecule has 0 rings (SSSR count). The summed E-state index contributed by atoms with van der Waals surface area (Å²) in [4.78, 5) is 24.4. The molecule has 4 nitrogen and oxygen atoms in total. The molecule has 0 aliphatic heterocycles. The van der Waals surface area contributed by atoms with Gasteiger partial charge in [0.15, 0.2) is 0 Å². The Morgan fingerprint density at radius 3 is 1.07 bits per heavy atom. The van der Waals surface area contributed by atoms with Crippen molar-refractivity contribution in [1.82, 2.24) is 10.6 Å². The van der Waals surface area contributed by atoms with Gasteiger partial charge >= 0.3 is 0 Å². The number of imide groups is 1. The Morgan fingerprint density at radius 2 is 0.732 bits per heavy atom. The van der Waals surface area contributed by atoms with Gasteiger partial charge in [0.25, 0.3) is 0 Å². The van der Waals surface area contributed by atoms with E-state index in [-0.39, 0.29) is 17.9 Å². The summed E-state index contributed by atoms with van der Waals surface area (Å²) in [6, 6.07) is -0.303. The monoisotopic (exact) mass is 579 g/mol. The second kappa shape index (κ2) is 33.6. The molecular formula is C37H74N2O2. The molecule has 0 bridgehead atoms. The summed E-state index contributed by atoms with van der Waals surface area (Å²) in [6.07, 6.45) is 39.2. The third-order valence-corrected chi connectivity index (χ3v) is 8.64. The third kappa shape index (κ3) is 31.9.